The molecule has 1 aliphatic rings. The van der Waals surface area contributed by atoms with E-state index in [0.29, 0.717) is 49.0 Å². The fourth-order valence-corrected chi connectivity index (χ4v) is 3.21. The van der Waals surface area contributed by atoms with Crippen LogP contribution in [0.3, 0.4) is 0 Å². The molecule has 0 aliphatic carbocycles. The van der Waals surface area contributed by atoms with Gasteiger partial charge in [-0.05, 0) is 24.3 Å². The lowest BCUT2D eigenvalue weighted by molar-refractivity contribution is -0.384. The van der Waals surface area contributed by atoms with Crippen LogP contribution in [0.2, 0.25) is 0 Å². The Hall–Kier alpha value is -2.65. The molecule has 0 bridgehead atoms. The van der Waals surface area contributed by atoms with E-state index in [1.165, 1.54) is 19.2 Å². The van der Waals surface area contributed by atoms with Gasteiger partial charge in [-0.3, -0.25) is 14.9 Å². The second-order valence-corrected chi connectivity index (χ2v) is 6.77. The molecule has 0 unspecified atom stereocenters. The van der Waals surface area contributed by atoms with Crippen LogP contribution >= 0.6 is 15.9 Å². The van der Waals surface area contributed by atoms with E-state index < -0.39 is 4.92 Å². The minimum Gasteiger partial charge on any atom is -0.496 e. The van der Waals surface area contributed by atoms with Crippen LogP contribution in [-0.2, 0) is 4.74 Å². The molecule has 8 nitrogen and oxygen atoms in total. The van der Waals surface area contributed by atoms with Crippen molar-refractivity contribution in [1.82, 2.24) is 0 Å². The number of amides is 1. The van der Waals surface area contributed by atoms with E-state index >= 15 is 0 Å². The van der Waals surface area contributed by atoms with Crippen LogP contribution in [0.4, 0.5) is 17.1 Å². The highest BCUT2D eigenvalue weighted by Gasteiger charge is 2.21. The van der Waals surface area contributed by atoms with Gasteiger partial charge in [0.05, 0.1) is 42.2 Å². The van der Waals surface area contributed by atoms with Crippen molar-refractivity contribution in [2.24, 2.45) is 0 Å². The molecule has 1 heterocycles. The third-order valence-corrected chi connectivity index (χ3v) is 4.69. The molecule has 2 aromatic rings. The van der Waals surface area contributed by atoms with Crippen molar-refractivity contribution < 1.29 is 19.2 Å². The molecular weight excluding hydrogens is 418 g/mol. The number of benzene rings is 2. The topological polar surface area (TPSA) is 93.9 Å². The van der Waals surface area contributed by atoms with E-state index in [4.69, 9.17) is 9.47 Å². The molecule has 1 saturated heterocycles. The average molecular weight is 436 g/mol. The number of methoxy groups -OCH3 is 1. The van der Waals surface area contributed by atoms with Gasteiger partial charge in [0.15, 0.2) is 0 Å². The molecule has 9 heteroatoms. The minimum absolute atomic E-state index is 0.0328. The molecular formula is C18H18BrN3O5. The Bertz CT molecular complexity index is 868. The normalized spacial score (nSPS) is 13.9. The molecule has 0 atom stereocenters. The number of non-ortho nitro benzene ring substituents is 1. The zero-order valence-electron chi connectivity index (χ0n) is 14.6. The van der Waals surface area contributed by atoms with Gasteiger partial charge in [-0.15, -0.1) is 0 Å². The monoisotopic (exact) mass is 435 g/mol. The maximum absolute atomic E-state index is 12.8. The smallest absolute Gasteiger partial charge is 0.271 e. The number of rotatable bonds is 5. The quantitative estimate of drug-likeness (QED) is 0.570. The van der Waals surface area contributed by atoms with E-state index in [1.54, 1.807) is 24.3 Å². The predicted octanol–water partition coefficient (Wildman–Crippen LogP) is 3.45. The second-order valence-electron chi connectivity index (χ2n) is 5.86. The van der Waals surface area contributed by atoms with Crippen molar-refractivity contribution in [2.75, 3.05) is 43.6 Å². The van der Waals surface area contributed by atoms with Crippen LogP contribution in [0.15, 0.2) is 40.9 Å². The number of ether oxygens (including phenoxy) is 2. The Morgan fingerprint density at radius 1 is 1.26 bits per heavy atom. The first-order valence-corrected chi connectivity index (χ1v) is 9.05. The molecule has 27 heavy (non-hydrogen) atoms. The number of nitro benzene ring substituents is 1. The van der Waals surface area contributed by atoms with Gasteiger partial charge in [-0.1, -0.05) is 15.9 Å². The lowest BCUT2D eigenvalue weighted by Gasteiger charge is -2.30. The summed E-state index contributed by atoms with van der Waals surface area (Å²) in [4.78, 5) is 25.5. The molecule has 1 N–H and O–H groups in total. The van der Waals surface area contributed by atoms with Crippen LogP contribution < -0.4 is 15.0 Å². The average Bonchev–Trinajstić information content (AvgIpc) is 2.68. The summed E-state index contributed by atoms with van der Waals surface area (Å²) in [7, 11) is 1.49. The number of hydrogen-bond acceptors (Lipinski definition) is 6. The number of carbonyl (C=O) groups excluding carboxylic acids is 1. The summed E-state index contributed by atoms with van der Waals surface area (Å²) in [6.07, 6.45) is 0. The van der Waals surface area contributed by atoms with Crippen LogP contribution in [0, 0.1) is 10.1 Å². The summed E-state index contributed by atoms with van der Waals surface area (Å²) in [5.74, 6) is 0.0713. The van der Waals surface area contributed by atoms with Gasteiger partial charge in [0, 0.05) is 29.7 Å². The highest BCUT2D eigenvalue weighted by atomic mass is 79.9. The minimum atomic E-state index is -0.452. The molecule has 1 amide bonds. The van der Waals surface area contributed by atoms with Crippen molar-refractivity contribution in [3.63, 3.8) is 0 Å². The fourth-order valence-electron chi connectivity index (χ4n) is 2.85. The lowest BCUT2D eigenvalue weighted by atomic mass is 10.1. The van der Waals surface area contributed by atoms with Crippen LogP contribution in [0.5, 0.6) is 5.75 Å². The highest BCUT2D eigenvalue weighted by Crippen LogP contribution is 2.32. The molecule has 1 aliphatic heterocycles. The van der Waals surface area contributed by atoms with Gasteiger partial charge in [-0.2, -0.15) is 0 Å². The number of halogens is 1. The molecule has 0 saturated carbocycles. The number of carbonyl (C=O) groups is 1. The summed E-state index contributed by atoms with van der Waals surface area (Å²) < 4.78 is 11.3. The SMILES string of the molecule is COc1ccc(Br)cc1C(=O)Nc1ccc([N+](=O)[O-])cc1N1CCOCC1. The Balaban J connectivity index is 1.95. The Morgan fingerprint density at radius 3 is 2.67 bits per heavy atom. The summed E-state index contributed by atoms with van der Waals surface area (Å²) >= 11 is 3.35. The molecule has 0 spiro atoms. The van der Waals surface area contributed by atoms with Gasteiger partial charge >= 0.3 is 0 Å². The third-order valence-electron chi connectivity index (χ3n) is 4.20. The van der Waals surface area contributed by atoms with E-state index in [-0.39, 0.29) is 11.6 Å². The van der Waals surface area contributed by atoms with Gasteiger partial charge in [0.25, 0.3) is 11.6 Å². The predicted molar refractivity (Wildman–Crippen MR) is 105 cm³/mol. The summed E-state index contributed by atoms with van der Waals surface area (Å²) in [5.41, 5.74) is 1.41. The first kappa shape index (κ1) is 19.1. The van der Waals surface area contributed by atoms with Crippen molar-refractivity contribution in [3.8, 4) is 5.75 Å². The molecule has 1 fully saturated rings. The molecule has 0 aromatic heterocycles. The summed E-state index contributed by atoms with van der Waals surface area (Å²) in [6.45, 7) is 2.22. The Morgan fingerprint density at radius 2 is 2.00 bits per heavy atom. The lowest BCUT2D eigenvalue weighted by Crippen LogP contribution is -2.36. The van der Waals surface area contributed by atoms with Gasteiger partial charge in [-0.25, -0.2) is 0 Å². The first-order valence-electron chi connectivity index (χ1n) is 8.25. The first-order chi connectivity index (χ1) is 13.0. The van der Waals surface area contributed by atoms with Crippen molar-refractivity contribution >= 4 is 38.9 Å². The number of nitro groups is 1. The Kier molecular flexibility index (Phi) is 5.92. The van der Waals surface area contributed by atoms with Crippen LogP contribution in [0.1, 0.15) is 10.4 Å². The summed E-state index contributed by atoms with van der Waals surface area (Å²) in [6, 6.07) is 9.52. The zero-order valence-corrected chi connectivity index (χ0v) is 16.2. The summed E-state index contributed by atoms with van der Waals surface area (Å²) in [5, 5.41) is 14.0. The molecule has 3 rings (SSSR count). The standard InChI is InChI=1S/C18H18BrN3O5/c1-26-17-5-2-12(19)10-14(17)18(23)20-15-4-3-13(22(24)25)11-16(15)21-6-8-27-9-7-21/h2-5,10-11H,6-9H2,1H3,(H,20,23). The zero-order chi connectivity index (χ0) is 19.4. The molecule has 0 radical (unpaired) electrons. The van der Waals surface area contributed by atoms with E-state index in [9.17, 15) is 14.9 Å². The van der Waals surface area contributed by atoms with Crippen molar-refractivity contribution in [1.29, 1.82) is 0 Å². The maximum Gasteiger partial charge on any atom is 0.271 e. The largest absolute Gasteiger partial charge is 0.496 e. The van der Waals surface area contributed by atoms with Gasteiger partial charge in [0.2, 0.25) is 0 Å². The Labute approximate surface area is 164 Å². The number of hydrogen-bond donors (Lipinski definition) is 1. The van der Waals surface area contributed by atoms with Crippen molar-refractivity contribution in [3.05, 3.63) is 56.5 Å². The van der Waals surface area contributed by atoms with Gasteiger partial charge < -0.3 is 19.7 Å². The maximum atomic E-state index is 12.8. The highest BCUT2D eigenvalue weighted by molar-refractivity contribution is 9.10. The third kappa shape index (κ3) is 4.37. The molecule has 2 aromatic carbocycles. The van der Waals surface area contributed by atoms with Crippen molar-refractivity contribution in [2.45, 2.75) is 0 Å². The fraction of sp³-hybridized carbons (Fsp3) is 0.278. The van der Waals surface area contributed by atoms with E-state index in [1.807, 2.05) is 4.90 Å². The van der Waals surface area contributed by atoms with Crippen LogP contribution in [-0.4, -0.2) is 44.2 Å². The van der Waals surface area contributed by atoms with Crippen LogP contribution in [0.25, 0.3) is 0 Å². The number of nitrogens with zero attached hydrogens (tertiary/aromatic N) is 2. The molecule has 142 valence electrons. The number of nitrogens with one attached hydrogen (secondary N) is 1. The second kappa shape index (κ2) is 8.36. The number of morpholine rings is 1. The number of anilines is 2. The van der Waals surface area contributed by atoms with E-state index in [2.05, 4.69) is 21.2 Å². The van der Waals surface area contributed by atoms with E-state index in [0.717, 1.165) is 4.47 Å². The van der Waals surface area contributed by atoms with Gasteiger partial charge in [0.1, 0.15) is 5.75 Å².